The lowest BCUT2D eigenvalue weighted by Gasteiger charge is -2.01. The minimum atomic E-state index is -1.02. The van der Waals surface area contributed by atoms with Crippen LogP contribution in [0.3, 0.4) is 0 Å². The summed E-state index contributed by atoms with van der Waals surface area (Å²) in [6.07, 6.45) is -0.279. The van der Waals surface area contributed by atoms with Crippen molar-refractivity contribution in [3.63, 3.8) is 0 Å². The number of carboxylic acid groups (broad SMARTS) is 1. The first-order valence-electron chi connectivity index (χ1n) is 4.77. The third-order valence-corrected chi connectivity index (χ3v) is 2.23. The van der Waals surface area contributed by atoms with Gasteiger partial charge in [0.2, 0.25) is 0 Å². The summed E-state index contributed by atoms with van der Waals surface area (Å²) in [7, 11) is 0. The molecule has 1 aromatic carbocycles. The van der Waals surface area contributed by atoms with Crippen LogP contribution in [0.2, 0.25) is 0 Å². The van der Waals surface area contributed by atoms with Gasteiger partial charge < -0.3 is 10.1 Å². The summed E-state index contributed by atoms with van der Waals surface area (Å²) in [5.41, 5.74) is 1.20. The zero-order valence-electron chi connectivity index (χ0n) is 8.65. The van der Waals surface area contributed by atoms with Crippen LogP contribution in [0.15, 0.2) is 23.0 Å². The Kier molecular flexibility index (Phi) is 2.44. The smallest absolute Gasteiger partial charge is 0.311 e. The first-order chi connectivity index (χ1) is 7.56. The number of nitrogens with zero attached hydrogens (tertiary/aromatic N) is 1. The number of nitrogens with one attached hydrogen (secondary N) is 1. The number of aryl methyl sites for hydroxylation is 1. The second-order valence-electron chi connectivity index (χ2n) is 3.60. The molecule has 0 saturated carbocycles. The van der Waals surface area contributed by atoms with Crippen molar-refractivity contribution < 1.29 is 9.90 Å². The monoisotopic (exact) mass is 218 g/mol. The van der Waals surface area contributed by atoms with Gasteiger partial charge in [0.25, 0.3) is 5.56 Å². The van der Waals surface area contributed by atoms with E-state index >= 15 is 0 Å². The molecule has 0 spiro atoms. The molecule has 0 bridgehead atoms. The molecule has 0 amide bonds. The Bertz CT molecular complexity index is 616. The first kappa shape index (κ1) is 10.4. The molecule has 1 heterocycles. The predicted molar refractivity (Wildman–Crippen MR) is 58.4 cm³/mol. The Balaban J connectivity index is 2.65. The summed E-state index contributed by atoms with van der Waals surface area (Å²) >= 11 is 0. The van der Waals surface area contributed by atoms with Crippen molar-refractivity contribution in [2.45, 2.75) is 13.3 Å². The van der Waals surface area contributed by atoms with E-state index in [2.05, 4.69) is 9.97 Å². The minimum absolute atomic E-state index is 0.176. The maximum Gasteiger partial charge on any atom is 0.311 e. The van der Waals surface area contributed by atoms with Crippen LogP contribution in [-0.4, -0.2) is 21.0 Å². The molecule has 5 heteroatoms. The molecule has 2 aromatic rings. The van der Waals surface area contributed by atoms with Gasteiger partial charge in [-0.25, -0.2) is 4.98 Å². The molecule has 0 saturated heterocycles. The minimum Gasteiger partial charge on any atom is -0.481 e. The highest BCUT2D eigenvalue weighted by atomic mass is 16.4. The molecule has 82 valence electrons. The fourth-order valence-corrected chi connectivity index (χ4v) is 1.52. The van der Waals surface area contributed by atoms with Crippen LogP contribution < -0.4 is 5.56 Å². The SMILES string of the molecule is Cc1ccc2c(=O)[nH]c(CC(=O)O)nc2c1. The van der Waals surface area contributed by atoms with E-state index in [1.807, 2.05) is 13.0 Å². The van der Waals surface area contributed by atoms with E-state index in [9.17, 15) is 9.59 Å². The number of H-pyrrole nitrogens is 1. The van der Waals surface area contributed by atoms with Crippen molar-refractivity contribution in [2.24, 2.45) is 0 Å². The quantitative estimate of drug-likeness (QED) is 0.783. The van der Waals surface area contributed by atoms with E-state index in [1.165, 1.54) is 0 Å². The Hall–Kier alpha value is -2.17. The van der Waals surface area contributed by atoms with Crippen LogP contribution in [0.5, 0.6) is 0 Å². The number of carboxylic acids is 1. The van der Waals surface area contributed by atoms with E-state index in [1.54, 1.807) is 12.1 Å². The molecule has 0 unspecified atom stereocenters. The number of carbonyl (C=O) groups is 1. The lowest BCUT2D eigenvalue weighted by atomic mass is 10.2. The van der Waals surface area contributed by atoms with E-state index in [0.717, 1.165) is 5.56 Å². The molecular formula is C11H10N2O3. The van der Waals surface area contributed by atoms with E-state index in [4.69, 9.17) is 5.11 Å². The lowest BCUT2D eigenvalue weighted by molar-refractivity contribution is -0.136. The van der Waals surface area contributed by atoms with Crippen molar-refractivity contribution in [3.05, 3.63) is 39.9 Å². The van der Waals surface area contributed by atoms with Gasteiger partial charge in [-0.1, -0.05) is 6.07 Å². The fourth-order valence-electron chi connectivity index (χ4n) is 1.52. The molecule has 0 fully saturated rings. The molecule has 0 radical (unpaired) electrons. The zero-order valence-corrected chi connectivity index (χ0v) is 8.65. The normalized spacial score (nSPS) is 10.6. The largest absolute Gasteiger partial charge is 0.481 e. The number of aromatic nitrogens is 2. The number of fused-ring (bicyclic) bond motifs is 1. The van der Waals surface area contributed by atoms with Crippen molar-refractivity contribution in [3.8, 4) is 0 Å². The number of hydrogen-bond donors (Lipinski definition) is 2. The van der Waals surface area contributed by atoms with Gasteiger partial charge in [0.1, 0.15) is 12.2 Å². The van der Waals surface area contributed by atoms with Gasteiger partial charge >= 0.3 is 5.97 Å². The summed E-state index contributed by atoms with van der Waals surface area (Å²) in [6.45, 7) is 1.89. The van der Waals surface area contributed by atoms with Gasteiger partial charge in [-0.3, -0.25) is 9.59 Å². The summed E-state index contributed by atoms with van der Waals surface area (Å²) in [6, 6.07) is 5.26. The second-order valence-corrected chi connectivity index (χ2v) is 3.60. The third-order valence-electron chi connectivity index (χ3n) is 2.23. The summed E-state index contributed by atoms with van der Waals surface area (Å²) in [5.74, 6) is -0.842. The van der Waals surface area contributed by atoms with E-state index in [0.29, 0.717) is 10.9 Å². The molecule has 0 aliphatic rings. The summed E-state index contributed by atoms with van der Waals surface area (Å²) in [4.78, 5) is 28.7. The van der Waals surface area contributed by atoms with Crippen LogP contribution >= 0.6 is 0 Å². The Labute approximate surface area is 90.8 Å². The van der Waals surface area contributed by atoms with Gasteiger partial charge in [0.05, 0.1) is 10.9 Å². The maximum absolute atomic E-state index is 11.6. The van der Waals surface area contributed by atoms with Gasteiger partial charge in [0, 0.05) is 0 Å². The second kappa shape index (κ2) is 3.77. The topological polar surface area (TPSA) is 83.0 Å². The van der Waals surface area contributed by atoms with Crippen LogP contribution in [0.1, 0.15) is 11.4 Å². The number of benzene rings is 1. The molecule has 5 nitrogen and oxygen atoms in total. The highest BCUT2D eigenvalue weighted by Gasteiger charge is 2.06. The van der Waals surface area contributed by atoms with Crippen molar-refractivity contribution >= 4 is 16.9 Å². The van der Waals surface area contributed by atoms with Crippen LogP contribution in [0, 0.1) is 6.92 Å². The van der Waals surface area contributed by atoms with Crippen molar-refractivity contribution in [1.82, 2.24) is 9.97 Å². The highest BCUT2D eigenvalue weighted by Crippen LogP contribution is 2.09. The van der Waals surface area contributed by atoms with Crippen LogP contribution in [-0.2, 0) is 11.2 Å². The zero-order chi connectivity index (χ0) is 11.7. The average molecular weight is 218 g/mol. The number of hydrogen-bond acceptors (Lipinski definition) is 3. The van der Waals surface area contributed by atoms with E-state index < -0.39 is 5.97 Å². The molecular weight excluding hydrogens is 208 g/mol. The third kappa shape index (κ3) is 1.93. The van der Waals surface area contributed by atoms with Gasteiger partial charge in [0.15, 0.2) is 0 Å². The average Bonchev–Trinajstić information content (AvgIpc) is 2.15. The molecule has 0 aliphatic carbocycles. The van der Waals surface area contributed by atoms with Crippen LogP contribution in [0.4, 0.5) is 0 Å². The lowest BCUT2D eigenvalue weighted by Crippen LogP contribution is -2.14. The van der Waals surface area contributed by atoms with Gasteiger partial charge in [-0.15, -0.1) is 0 Å². The summed E-state index contributed by atoms with van der Waals surface area (Å²) < 4.78 is 0. The predicted octanol–water partition coefficient (Wildman–Crippen LogP) is 0.859. The summed E-state index contributed by atoms with van der Waals surface area (Å²) in [5, 5.41) is 9.09. The maximum atomic E-state index is 11.6. The van der Waals surface area contributed by atoms with Gasteiger partial charge in [-0.2, -0.15) is 0 Å². The molecule has 1 aromatic heterocycles. The molecule has 16 heavy (non-hydrogen) atoms. The van der Waals surface area contributed by atoms with E-state index in [-0.39, 0.29) is 17.8 Å². The van der Waals surface area contributed by atoms with Crippen molar-refractivity contribution in [1.29, 1.82) is 0 Å². The van der Waals surface area contributed by atoms with Crippen molar-refractivity contribution in [2.75, 3.05) is 0 Å². The Morgan fingerprint density at radius 1 is 1.50 bits per heavy atom. The number of rotatable bonds is 2. The first-order valence-corrected chi connectivity index (χ1v) is 4.77. The molecule has 2 N–H and O–H groups in total. The fraction of sp³-hybridized carbons (Fsp3) is 0.182. The molecule has 0 aliphatic heterocycles. The number of aliphatic carboxylic acids is 1. The van der Waals surface area contributed by atoms with Crippen LogP contribution in [0.25, 0.3) is 10.9 Å². The molecule has 0 atom stereocenters. The Morgan fingerprint density at radius 3 is 2.94 bits per heavy atom. The number of aromatic amines is 1. The molecule has 2 rings (SSSR count). The standard InChI is InChI=1S/C11H10N2O3/c1-6-2-3-7-8(4-6)12-9(5-10(14)15)13-11(7)16/h2-4H,5H2,1H3,(H,14,15)(H,12,13,16). The Morgan fingerprint density at radius 2 is 2.25 bits per heavy atom. The highest BCUT2D eigenvalue weighted by molar-refractivity contribution is 5.78. The van der Waals surface area contributed by atoms with Gasteiger partial charge in [-0.05, 0) is 24.6 Å².